The third-order valence-electron chi connectivity index (χ3n) is 2.75. The van der Waals surface area contributed by atoms with Gasteiger partial charge >= 0.3 is 5.97 Å². The predicted octanol–water partition coefficient (Wildman–Crippen LogP) is 1.49. The monoisotopic (exact) mass is 257 g/mol. The topological polar surface area (TPSA) is 55.4 Å². The lowest BCUT2D eigenvalue weighted by atomic mass is 10.1. The largest absolute Gasteiger partial charge is 0.468 e. The van der Waals surface area contributed by atoms with Crippen molar-refractivity contribution in [1.29, 1.82) is 0 Å². The number of hydrogen-bond acceptors (Lipinski definition) is 3. The molecule has 1 fully saturated rings. The van der Waals surface area contributed by atoms with Crippen molar-refractivity contribution in [2.75, 3.05) is 7.11 Å². The molecule has 0 aliphatic heterocycles. The summed E-state index contributed by atoms with van der Waals surface area (Å²) in [5.74, 6) is 5.17. The molecule has 4 heteroatoms. The fourth-order valence-electron chi connectivity index (χ4n) is 1.49. The van der Waals surface area contributed by atoms with Gasteiger partial charge in [0, 0.05) is 17.2 Å². The molecule has 4 nitrogen and oxygen atoms in total. The van der Waals surface area contributed by atoms with Crippen molar-refractivity contribution in [2.24, 2.45) is 0 Å². The average molecular weight is 257 g/mol. The number of hydrogen-bond donors (Lipinski definition) is 1. The minimum Gasteiger partial charge on any atom is -0.468 e. The standard InChI is InChI=1S/C15H15NO3/c1-19-14(17)4-2-3-11-5-7-12(8-6-11)15(18)16-13-9-10-13/h5-8,13H,4,9-10H2,1H3,(H,16,18). The van der Waals surface area contributed by atoms with E-state index in [0.29, 0.717) is 11.6 Å². The zero-order chi connectivity index (χ0) is 13.7. The van der Waals surface area contributed by atoms with Crippen LogP contribution in [0, 0.1) is 11.8 Å². The molecule has 1 amide bonds. The Labute approximate surface area is 112 Å². The third kappa shape index (κ3) is 4.14. The zero-order valence-corrected chi connectivity index (χ0v) is 10.7. The highest BCUT2D eigenvalue weighted by molar-refractivity contribution is 5.94. The van der Waals surface area contributed by atoms with E-state index in [-0.39, 0.29) is 18.3 Å². The molecule has 0 heterocycles. The molecule has 98 valence electrons. The Balaban J connectivity index is 1.93. The van der Waals surface area contributed by atoms with E-state index in [1.807, 2.05) is 0 Å². The summed E-state index contributed by atoms with van der Waals surface area (Å²) in [4.78, 5) is 22.6. The van der Waals surface area contributed by atoms with Gasteiger partial charge in [0.15, 0.2) is 0 Å². The fourth-order valence-corrected chi connectivity index (χ4v) is 1.49. The lowest BCUT2D eigenvalue weighted by Gasteiger charge is -2.02. The molecule has 0 atom stereocenters. The SMILES string of the molecule is COC(=O)CC#Cc1ccc(C(=O)NC2CC2)cc1. The van der Waals surface area contributed by atoms with Crippen LogP contribution in [0.5, 0.6) is 0 Å². The Morgan fingerprint density at radius 3 is 2.58 bits per heavy atom. The Kier molecular flexibility index (Phi) is 4.19. The maximum atomic E-state index is 11.7. The lowest BCUT2D eigenvalue weighted by molar-refractivity contribution is -0.139. The van der Waals surface area contributed by atoms with Gasteiger partial charge in [-0.2, -0.15) is 0 Å². The summed E-state index contributed by atoms with van der Waals surface area (Å²) in [5, 5.41) is 2.92. The Morgan fingerprint density at radius 1 is 1.32 bits per heavy atom. The molecule has 0 bridgehead atoms. The van der Waals surface area contributed by atoms with Crippen LogP contribution in [-0.4, -0.2) is 25.0 Å². The number of ether oxygens (including phenoxy) is 1. The highest BCUT2D eigenvalue weighted by Gasteiger charge is 2.23. The number of esters is 1. The number of nitrogens with one attached hydrogen (secondary N) is 1. The molecule has 2 rings (SSSR count). The molecular formula is C15H15NO3. The minimum atomic E-state index is -0.354. The van der Waals surface area contributed by atoms with Crippen LogP contribution in [0.3, 0.4) is 0 Å². The molecule has 0 unspecified atom stereocenters. The molecule has 1 aliphatic carbocycles. The summed E-state index contributed by atoms with van der Waals surface area (Å²) in [5.41, 5.74) is 1.40. The van der Waals surface area contributed by atoms with E-state index < -0.39 is 0 Å². The van der Waals surface area contributed by atoms with E-state index in [4.69, 9.17) is 0 Å². The van der Waals surface area contributed by atoms with Crippen molar-refractivity contribution in [2.45, 2.75) is 25.3 Å². The highest BCUT2D eigenvalue weighted by atomic mass is 16.5. The molecule has 0 radical (unpaired) electrons. The van der Waals surface area contributed by atoms with Crippen LogP contribution < -0.4 is 5.32 Å². The van der Waals surface area contributed by atoms with Gasteiger partial charge in [-0.3, -0.25) is 9.59 Å². The summed E-state index contributed by atoms with van der Waals surface area (Å²) in [6.45, 7) is 0. The van der Waals surface area contributed by atoms with E-state index in [1.54, 1.807) is 24.3 Å². The average Bonchev–Trinajstić information content (AvgIpc) is 3.23. The number of carbonyl (C=O) groups excluding carboxylic acids is 2. The van der Waals surface area contributed by atoms with Crippen LogP contribution in [0.1, 0.15) is 35.2 Å². The Bertz CT molecular complexity index is 533. The molecule has 0 saturated heterocycles. The normalized spacial score (nSPS) is 13.1. The van der Waals surface area contributed by atoms with E-state index in [0.717, 1.165) is 18.4 Å². The first-order chi connectivity index (χ1) is 9.19. The van der Waals surface area contributed by atoms with Crippen LogP contribution >= 0.6 is 0 Å². The second-order valence-electron chi connectivity index (χ2n) is 4.38. The van der Waals surface area contributed by atoms with E-state index in [9.17, 15) is 9.59 Å². The Morgan fingerprint density at radius 2 is 2.00 bits per heavy atom. The van der Waals surface area contributed by atoms with E-state index in [2.05, 4.69) is 21.9 Å². The lowest BCUT2D eigenvalue weighted by Crippen LogP contribution is -2.25. The van der Waals surface area contributed by atoms with Gasteiger partial charge in [0.2, 0.25) is 0 Å². The van der Waals surface area contributed by atoms with Crippen molar-refractivity contribution in [3.63, 3.8) is 0 Å². The van der Waals surface area contributed by atoms with Gasteiger partial charge < -0.3 is 10.1 Å². The van der Waals surface area contributed by atoms with Crippen molar-refractivity contribution in [3.05, 3.63) is 35.4 Å². The minimum absolute atomic E-state index is 0.0448. The van der Waals surface area contributed by atoms with Gasteiger partial charge in [-0.05, 0) is 37.1 Å². The van der Waals surface area contributed by atoms with E-state index >= 15 is 0 Å². The van der Waals surface area contributed by atoms with Gasteiger partial charge in [-0.15, -0.1) is 0 Å². The summed E-state index contributed by atoms with van der Waals surface area (Å²) >= 11 is 0. The fraction of sp³-hybridized carbons (Fsp3) is 0.333. The Hall–Kier alpha value is -2.28. The predicted molar refractivity (Wildman–Crippen MR) is 70.4 cm³/mol. The first-order valence-electron chi connectivity index (χ1n) is 6.15. The van der Waals surface area contributed by atoms with Gasteiger partial charge in [0.1, 0.15) is 6.42 Å². The maximum Gasteiger partial charge on any atom is 0.317 e. The quantitative estimate of drug-likeness (QED) is 0.659. The smallest absolute Gasteiger partial charge is 0.317 e. The van der Waals surface area contributed by atoms with Crippen LogP contribution in [0.2, 0.25) is 0 Å². The van der Waals surface area contributed by atoms with Crippen LogP contribution in [-0.2, 0) is 9.53 Å². The van der Waals surface area contributed by atoms with Crippen molar-refractivity contribution in [3.8, 4) is 11.8 Å². The van der Waals surface area contributed by atoms with Gasteiger partial charge in [-0.1, -0.05) is 11.8 Å². The van der Waals surface area contributed by atoms with Gasteiger partial charge in [0.25, 0.3) is 5.91 Å². The summed E-state index contributed by atoms with van der Waals surface area (Å²) in [6, 6.07) is 7.37. The van der Waals surface area contributed by atoms with Crippen LogP contribution in [0.4, 0.5) is 0 Å². The first kappa shape index (κ1) is 13.2. The van der Waals surface area contributed by atoms with Crippen molar-refractivity contribution < 1.29 is 14.3 Å². The summed E-state index contributed by atoms with van der Waals surface area (Å²) in [6.07, 6.45) is 2.21. The van der Waals surface area contributed by atoms with Crippen molar-refractivity contribution in [1.82, 2.24) is 5.32 Å². The second-order valence-corrected chi connectivity index (χ2v) is 4.38. The molecule has 1 saturated carbocycles. The molecule has 0 spiro atoms. The molecule has 1 N–H and O–H groups in total. The van der Waals surface area contributed by atoms with E-state index in [1.165, 1.54) is 7.11 Å². The highest BCUT2D eigenvalue weighted by Crippen LogP contribution is 2.19. The number of rotatable bonds is 3. The van der Waals surface area contributed by atoms with Crippen molar-refractivity contribution >= 4 is 11.9 Å². The third-order valence-corrected chi connectivity index (χ3v) is 2.75. The second kappa shape index (κ2) is 6.05. The number of benzene rings is 1. The maximum absolute atomic E-state index is 11.7. The zero-order valence-electron chi connectivity index (χ0n) is 10.7. The number of amides is 1. The van der Waals surface area contributed by atoms with Crippen LogP contribution in [0.15, 0.2) is 24.3 Å². The summed E-state index contributed by atoms with van der Waals surface area (Å²) < 4.78 is 4.49. The first-order valence-corrected chi connectivity index (χ1v) is 6.15. The molecule has 0 aromatic heterocycles. The van der Waals surface area contributed by atoms with Gasteiger partial charge in [-0.25, -0.2) is 0 Å². The molecule has 1 aliphatic rings. The van der Waals surface area contributed by atoms with Crippen LogP contribution in [0.25, 0.3) is 0 Å². The molecule has 1 aromatic rings. The molecule has 1 aromatic carbocycles. The number of carbonyl (C=O) groups is 2. The molecular weight excluding hydrogens is 242 g/mol. The number of methoxy groups -OCH3 is 1. The molecule has 19 heavy (non-hydrogen) atoms. The van der Waals surface area contributed by atoms with Gasteiger partial charge in [0.05, 0.1) is 7.11 Å². The summed E-state index contributed by atoms with van der Waals surface area (Å²) in [7, 11) is 1.33.